The number of carbonyl (C=O) groups excluding carboxylic acids is 1. The average molecular weight is 530 g/mol. The van der Waals surface area contributed by atoms with Gasteiger partial charge < -0.3 is 20.3 Å². The number of H-pyrrole nitrogens is 1. The second kappa shape index (κ2) is 9.59. The van der Waals surface area contributed by atoms with Crippen molar-refractivity contribution in [3.63, 3.8) is 0 Å². The molecule has 1 fully saturated rings. The molecule has 4 aromatic heterocycles. The molecule has 3 N–H and O–H groups in total. The molecule has 1 aliphatic rings. The number of ether oxygens (including phenoxy) is 1. The number of amides is 2. The maximum absolute atomic E-state index is 13.3. The molecule has 5 heterocycles. The molecule has 0 saturated carbocycles. The molecule has 0 aromatic carbocycles. The Labute approximate surface area is 215 Å². The fraction of sp³-hybridized carbons (Fsp3) is 0.375. The van der Waals surface area contributed by atoms with Gasteiger partial charge in [0.25, 0.3) is 0 Å². The maximum Gasteiger partial charge on any atom is 0.408 e. The summed E-state index contributed by atoms with van der Waals surface area (Å²) in [5, 5.41) is 17.1. The number of pyridine rings is 2. The molecular formula is C24H26F3N9O2. The first-order valence-corrected chi connectivity index (χ1v) is 11.8. The number of hydrogen-bond acceptors (Lipinski definition) is 7. The predicted molar refractivity (Wildman–Crippen MR) is 134 cm³/mol. The summed E-state index contributed by atoms with van der Waals surface area (Å²) < 4.78 is 46.2. The molecule has 38 heavy (non-hydrogen) atoms. The Hall–Kier alpha value is -4.20. The Morgan fingerprint density at radius 1 is 1.21 bits per heavy atom. The summed E-state index contributed by atoms with van der Waals surface area (Å²) in [6.45, 7) is 3.41. The van der Waals surface area contributed by atoms with Crippen LogP contribution in [-0.4, -0.2) is 68.5 Å². The van der Waals surface area contributed by atoms with Gasteiger partial charge >= 0.3 is 12.2 Å². The van der Waals surface area contributed by atoms with E-state index in [1.807, 2.05) is 24.8 Å². The number of halogens is 3. The van der Waals surface area contributed by atoms with Gasteiger partial charge in [-0.3, -0.25) is 19.7 Å². The minimum Gasteiger partial charge on any atom is -0.378 e. The second-order valence-electron chi connectivity index (χ2n) is 9.52. The van der Waals surface area contributed by atoms with Crippen molar-refractivity contribution >= 4 is 28.4 Å². The number of alkyl halides is 3. The number of anilines is 2. The van der Waals surface area contributed by atoms with Crippen LogP contribution in [0.5, 0.6) is 0 Å². The van der Waals surface area contributed by atoms with Crippen LogP contribution in [0, 0.1) is 0 Å². The molecule has 1 saturated heterocycles. The SMILES string of the molecule is COC1CN(c2nn(CC(F)(F)F)c3cc(-c4[nH]ncc4NC(=O)NC(C)(C)c4ccccn4)ncc23)C1. The van der Waals surface area contributed by atoms with Gasteiger partial charge in [0, 0.05) is 32.6 Å². The van der Waals surface area contributed by atoms with E-state index >= 15 is 0 Å². The first-order chi connectivity index (χ1) is 18.0. The number of urea groups is 1. The van der Waals surface area contributed by atoms with E-state index in [-0.39, 0.29) is 11.6 Å². The zero-order valence-electron chi connectivity index (χ0n) is 20.9. The van der Waals surface area contributed by atoms with Gasteiger partial charge in [-0.25, -0.2) is 4.79 Å². The Balaban J connectivity index is 1.42. The summed E-state index contributed by atoms with van der Waals surface area (Å²) >= 11 is 0. The van der Waals surface area contributed by atoms with Gasteiger partial charge in [-0.15, -0.1) is 0 Å². The van der Waals surface area contributed by atoms with Crippen LogP contribution in [0.1, 0.15) is 19.5 Å². The van der Waals surface area contributed by atoms with E-state index < -0.39 is 24.3 Å². The Bertz CT molecular complexity index is 1440. The average Bonchev–Trinajstić information content (AvgIpc) is 3.42. The number of methoxy groups -OCH3 is 1. The lowest BCUT2D eigenvalue weighted by molar-refractivity contribution is -0.141. The first-order valence-electron chi connectivity index (χ1n) is 11.8. The Morgan fingerprint density at radius 2 is 2.00 bits per heavy atom. The number of nitrogens with zero attached hydrogens (tertiary/aromatic N) is 6. The molecule has 0 radical (unpaired) electrons. The summed E-state index contributed by atoms with van der Waals surface area (Å²) in [4.78, 5) is 23.4. The highest BCUT2D eigenvalue weighted by atomic mass is 19.4. The molecule has 0 atom stereocenters. The van der Waals surface area contributed by atoms with Crippen LogP contribution >= 0.6 is 0 Å². The topological polar surface area (TPSA) is 126 Å². The fourth-order valence-electron chi connectivity index (χ4n) is 4.28. The molecule has 5 rings (SSSR count). The minimum atomic E-state index is -4.47. The summed E-state index contributed by atoms with van der Waals surface area (Å²) in [5.41, 5.74) is 1.08. The van der Waals surface area contributed by atoms with Crippen LogP contribution < -0.4 is 15.5 Å². The highest BCUT2D eigenvalue weighted by molar-refractivity contribution is 5.96. The normalized spacial score (nSPS) is 14.5. The molecule has 0 bridgehead atoms. The zero-order chi connectivity index (χ0) is 27.1. The van der Waals surface area contributed by atoms with E-state index in [2.05, 4.69) is 35.9 Å². The Kier molecular flexibility index (Phi) is 6.42. The lowest BCUT2D eigenvalue weighted by atomic mass is 10.0. The van der Waals surface area contributed by atoms with Gasteiger partial charge in [0.05, 0.1) is 45.8 Å². The van der Waals surface area contributed by atoms with Crippen LogP contribution in [0.3, 0.4) is 0 Å². The van der Waals surface area contributed by atoms with Crippen molar-refractivity contribution in [2.24, 2.45) is 0 Å². The van der Waals surface area contributed by atoms with Crippen molar-refractivity contribution in [2.75, 3.05) is 30.4 Å². The standard InChI is InChI=1S/C24H26F3N9O2/c1-23(2,19-6-4-5-7-28-19)32-22(37)31-17-10-30-33-20(17)16-8-18-15(9-29-16)21(35-11-14(12-35)38-3)34-36(18)13-24(25,26)27/h4-10,14H,11-13H2,1-3H3,(H,30,33)(H2,31,32,37). The van der Waals surface area contributed by atoms with Gasteiger partial charge in [0.2, 0.25) is 0 Å². The number of hydrogen-bond donors (Lipinski definition) is 3. The van der Waals surface area contributed by atoms with Gasteiger partial charge in [-0.05, 0) is 32.0 Å². The molecule has 0 unspecified atom stereocenters. The molecule has 14 heteroatoms. The lowest BCUT2D eigenvalue weighted by Crippen LogP contribution is -2.52. The first kappa shape index (κ1) is 25.4. The highest BCUT2D eigenvalue weighted by Crippen LogP contribution is 2.34. The van der Waals surface area contributed by atoms with Crippen molar-refractivity contribution in [1.82, 2.24) is 35.3 Å². The number of aromatic nitrogens is 6. The van der Waals surface area contributed by atoms with E-state index in [9.17, 15) is 18.0 Å². The molecule has 2 amide bonds. The van der Waals surface area contributed by atoms with Gasteiger partial charge in [-0.2, -0.15) is 23.4 Å². The maximum atomic E-state index is 13.3. The summed E-state index contributed by atoms with van der Waals surface area (Å²) in [5.74, 6) is 0.413. The quantitative estimate of drug-likeness (QED) is 0.334. The van der Waals surface area contributed by atoms with E-state index in [0.29, 0.717) is 47.1 Å². The number of rotatable bonds is 7. The summed E-state index contributed by atoms with van der Waals surface area (Å²) in [7, 11) is 1.59. The van der Waals surface area contributed by atoms with Gasteiger partial charge in [-0.1, -0.05) is 6.07 Å². The number of fused-ring (bicyclic) bond motifs is 1. The van der Waals surface area contributed by atoms with E-state index in [1.165, 1.54) is 18.5 Å². The minimum absolute atomic E-state index is 0.00234. The monoisotopic (exact) mass is 529 g/mol. The molecule has 0 spiro atoms. The molecular weight excluding hydrogens is 503 g/mol. The number of nitrogens with one attached hydrogen (secondary N) is 3. The Morgan fingerprint density at radius 3 is 2.68 bits per heavy atom. The van der Waals surface area contributed by atoms with E-state index in [1.54, 1.807) is 25.4 Å². The van der Waals surface area contributed by atoms with Crippen LogP contribution in [0.15, 0.2) is 42.9 Å². The highest BCUT2D eigenvalue weighted by Gasteiger charge is 2.34. The van der Waals surface area contributed by atoms with Crippen LogP contribution in [0.4, 0.5) is 29.5 Å². The van der Waals surface area contributed by atoms with E-state index in [4.69, 9.17) is 4.74 Å². The predicted octanol–water partition coefficient (Wildman–Crippen LogP) is 3.67. The van der Waals surface area contributed by atoms with E-state index in [0.717, 1.165) is 4.68 Å². The van der Waals surface area contributed by atoms with Crippen LogP contribution in [-0.2, 0) is 16.8 Å². The van der Waals surface area contributed by atoms with Crippen molar-refractivity contribution < 1.29 is 22.7 Å². The summed E-state index contributed by atoms with van der Waals surface area (Å²) in [6, 6.07) is 6.40. The van der Waals surface area contributed by atoms with Crippen molar-refractivity contribution in [2.45, 2.75) is 38.2 Å². The third-order valence-electron chi connectivity index (χ3n) is 6.30. The van der Waals surface area contributed by atoms with Crippen LogP contribution in [0.2, 0.25) is 0 Å². The van der Waals surface area contributed by atoms with Crippen molar-refractivity contribution in [3.8, 4) is 11.4 Å². The molecule has 0 aliphatic carbocycles. The van der Waals surface area contributed by atoms with Crippen molar-refractivity contribution in [1.29, 1.82) is 0 Å². The zero-order valence-corrected chi connectivity index (χ0v) is 20.9. The second-order valence-corrected chi connectivity index (χ2v) is 9.52. The smallest absolute Gasteiger partial charge is 0.378 e. The number of carbonyl (C=O) groups is 1. The summed E-state index contributed by atoms with van der Waals surface area (Å²) in [6.07, 6.45) is 0.0484. The van der Waals surface area contributed by atoms with Gasteiger partial charge in [0.15, 0.2) is 5.82 Å². The largest absolute Gasteiger partial charge is 0.408 e. The molecule has 200 valence electrons. The molecule has 11 nitrogen and oxygen atoms in total. The fourth-order valence-corrected chi connectivity index (χ4v) is 4.28. The third kappa shape index (κ3) is 5.11. The number of aromatic amines is 1. The van der Waals surface area contributed by atoms with Gasteiger partial charge in [0.1, 0.15) is 12.2 Å². The lowest BCUT2D eigenvalue weighted by Gasteiger charge is -2.38. The molecule has 1 aliphatic heterocycles. The van der Waals surface area contributed by atoms with Crippen molar-refractivity contribution in [3.05, 3.63) is 48.5 Å². The third-order valence-corrected chi connectivity index (χ3v) is 6.30. The van der Waals surface area contributed by atoms with Crippen LogP contribution in [0.25, 0.3) is 22.3 Å². The molecule has 4 aromatic rings.